The molecule has 0 aromatic heterocycles. The Morgan fingerprint density at radius 3 is 1.11 bits per heavy atom. The van der Waals surface area contributed by atoms with E-state index in [1.807, 2.05) is 0 Å². The first-order valence-electron chi connectivity index (χ1n) is 6.80. The fourth-order valence-corrected chi connectivity index (χ4v) is 20.6. The van der Waals surface area contributed by atoms with Gasteiger partial charge in [0.25, 0.3) is 0 Å². The molecule has 0 unspecified atom stereocenters. The molecule has 0 aliphatic rings. The molecule has 0 saturated heterocycles. The monoisotopic (exact) mass is 325 g/mol. The van der Waals surface area contributed by atoms with E-state index in [0.717, 1.165) is 22.3 Å². The van der Waals surface area contributed by atoms with Crippen LogP contribution in [-0.4, -0.2) is 52.0 Å². The van der Waals surface area contributed by atoms with Crippen LogP contribution in [0.25, 0.3) is 0 Å². The first-order valence-corrected chi connectivity index (χ1v) is 13.9. The minimum atomic E-state index is -0.657. The fourth-order valence-electron chi connectivity index (χ4n) is 0.763. The van der Waals surface area contributed by atoms with Gasteiger partial charge in [0.15, 0.2) is 0 Å². The van der Waals surface area contributed by atoms with E-state index in [2.05, 4.69) is 97.8 Å². The highest BCUT2D eigenvalue weighted by Gasteiger charge is 2.24. The maximum Gasteiger partial charge on any atom is 0.515 e. The molecule has 0 fully saturated rings. The smallest absolute Gasteiger partial charge is 0.310 e. The van der Waals surface area contributed by atoms with Gasteiger partial charge in [0.2, 0.25) is 0 Å². The van der Waals surface area contributed by atoms with Gasteiger partial charge >= 0.3 is 10.8 Å². The van der Waals surface area contributed by atoms with Crippen molar-refractivity contribution in [1.29, 1.82) is 0 Å². The van der Waals surface area contributed by atoms with Gasteiger partial charge in [-0.2, -0.15) is 0 Å². The van der Waals surface area contributed by atoms with E-state index < -0.39 is 10.8 Å². The van der Waals surface area contributed by atoms with Gasteiger partial charge < -0.3 is 4.90 Å². The van der Waals surface area contributed by atoms with E-state index in [-0.39, 0.29) is 0 Å². The van der Waals surface area contributed by atoms with Crippen molar-refractivity contribution in [3.8, 4) is 0 Å². The molecule has 0 aromatic rings. The Bertz CT molecular complexity index is 152. The van der Waals surface area contributed by atoms with E-state index in [1.54, 1.807) is 0 Å². The molecule has 0 bridgehead atoms. The molecule has 0 aliphatic carbocycles. The van der Waals surface area contributed by atoms with Crippen molar-refractivity contribution < 1.29 is 0 Å². The van der Waals surface area contributed by atoms with Gasteiger partial charge in [-0.25, -0.2) is 30.4 Å². The highest BCUT2D eigenvalue weighted by molar-refractivity contribution is 8.77. The Morgan fingerprint density at radius 2 is 1.00 bits per heavy atom. The summed E-state index contributed by atoms with van der Waals surface area (Å²) in [5, 5.41) is 2.40. The van der Waals surface area contributed by atoms with Gasteiger partial charge in [0.05, 0.1) is 0 Å². The summed E-state index contributed by atoms with van der Waals surface area (Å²) in [6.07, 6.45) is 0. The predicted molar refractivity (Wildman–Crippen MR) is 98.2 cm³/mol. The van der Waals surface area contributed by atoms with Crippen LogP contribution in [0.3, 0.4) is 0 Å². The molecule has 18 heavy (non-hydrogen) atoms. The third-order valence-corrected chi connectivity index (χ3v) is 17.0. The molecular formula is C13H32AlNS3. The second kappa shape index (κ2) is 13.5. The van der Waals surface area contributed by atoms with Crippen LogP contribution in [0.15, 0.2) is 0 Å². The van der Waals surface area contributed by atoms with E-state index in [4.69, 9.17) is 0 Å². The molecule has 0 spiro atoms. The van der Waals surface area contributed by atoms with Crippen molar-refractivity contribution in [3.63, 3.8) is 0 Å². The third kappa shape index (κ3) is 19.9. The molecule has 1 nitrogen and oxygen atoms in total. The van der Waals surface area contributed by atoms with Crippen LogP contribution in [0.2, 0.25) is 0 Å². The van der Waals surface area contributed by atoms with Crippen molar-refractivity contribution in [1.82, 2.24) is 4.90 Å². The first-order chi connectivity index (χ1) is 8.18. The summed E-state index contributed by atoms with van der Waals surface area (Å²) in [5.41, 5.74) is 0. The molecule has 0 N–H and O–H groups in total. The topological polar surface area (TPSA) is 3.24 Å². The van der Waals surface area contributed by atoms with Gasteiger partial charge in [-0.15, -0.1) is 0 Å². The maximum atomic E-state index is 2.31. The zero-order chi connectivity index (χ0) is 14.7. The molecular weight excluding hydrogens is 293 g/mol. The minimum absolute atomic E-state index is 0.657. The summed E-state index contributed by atoms with van der Waals surface area (Å²) < 4.78 is 0. The predicted octanol–water partition coefficient (Wildman–Crippen LogP) is 4.96. The average Bonchev–Trinajstić information content (AvgIpc) is 2.14. The summed E-state index contributed by atoms with van der Waals surface area (Å²) in [7, 11) is 10.1. The molecule has 5 heteroatoms. The number of hydrogen-bond donors (Lipinski definition) is 0. The van der Waals surface area contributed by atoms with Crippen LogP contribution >= 0.6 is 30.4 Å². The van der Waals surface area contributed by atoms with Crippen molar-refractivity contribution >= 4 is 41.1 Å². The Labute approximate surface area is 130 Å². The van der Waals surface area contributed by atoms with Crippen LogP contribution < -0.4 is 0 Å². The number of hydrogen-bond acceptors (Lipinski definition) is 4. The Hall–Kier alpha value is 1.54. The highest BCUT2D eigenvalue weighted by Crippen LogP contribution is 2.36. The van der Waals surface area contributed by atoms with Crippen LogP contribution in [0.1, 0.15) is 48.5 Å². The van der Waals surface area contributed by atoms with Crippen LogP contribution in [-0.2, 0) is 0 Å². The second-order valence-corrected chi connectivity index (χ2v) is 18.8. The van der Waals surface area contributed by atoms with Gasteiger partial charge in [-0.05, 0) is 36.4 Å². The summed E-state index contributed by atoms with van der Waals surface area (Å²) in [5.74, 6) is 0. The van der Waals surface area contributed by atoms with E-state index in [1.165, 1.54) is 0 Å². The summed E-state index contributed by atoms with van der Waals surface area (Å²) in [6.45, 7) is 17.1. The van der Waals surface area contributed by atoms with Crippen molar-refractivity contribution in [3.05, 3.63) is 0 Å². The largest absolute Gasteiger partial charge is 0.515 e. The van der Waals surface area contributed by atoms with Crippen LogP contribution in [0.5, 0.6) is 0 Å². The molecule has 0 atom stereocenters. The zero-order valence-electron chi connectivity index (χ0n) is 13.7. The standard InChI is InChI=1S/C4H11N.3C3H8S.Al/c1-4-5(2)3;3*1-3(2)4;/h4H2,1-3H3;3*3-4H,1-2H3;/q;;;;+3/p-3. The first kappa shape index (κ1) is 21.8. The van der Waals surface area contributed by atoms with Crippen LogP contribution in [0, 0.1) is 0 Å². The summed E-state index contributed by atoms with van der Waals surface area (Å²) in [4.78, 5) is 2.12. The lowest BCUT2D eigenvalue weighted by molar-refractivity contribution is 0.434. The molecule has 0 aliphatic heterocycles. The second-order valence-electron chi connectivity index (χ2n) is 5.24. The number of rotatable bonds is 7. The lowest BCUT2D eigenvalue weighted by Crippen LogP contribution is -2.10. The quantitative estimate of drug-likeness (QED) is 0.608. The Morgan fingerprint density at radius 1 is 0.778 bits per heavy atom. The van der Waals surface area contributed by atoms with Gasteiger partial charge in [-0.3, -0.25) is 0 Å². The van der Waals surface area contributed by atoms with E-state index >= 15 is 0 Å². The summed E-state index contributed by atoms with van der Waals surface area (Å²) >= 11 is 0. The van der Waals surface area contributed by atoms with Crippen molar-refractivity contribution in [2.45, 2.75) is 64.2 Å². The Balaban J connectivity index is 0. The SMILES string of the molecule is CC(C)[S][Al]([S]C(C)C)[S]C(C)C.CCN(C)C. The van der Waals surface area contributed by atoms with Crippen LogP contribution in [0.4, 0.5) is 0 Å². The van der Waals surface area contributed by atoms with E-state index in [9.17, 15) is 0 Å². The molecule has 0 saturated carbocycles. The molecule has 110 valence electrons. The molecule has 0 radical (unpaired) electrons. The molecule has 0 aromatic carbocycles. The fraction of sp³-hybridized carbons (Fsp3) is 1.00. The van der Waals surface area contributed by atoms with E-state index in [0.29, 0.717) is 0 Å². The molecule has 0 heterocycles. The highest BCUT2D eigenvalue weighted by atomic mass is 32.6. The maximum absolute atomic E-state index is 2.31. The molecule has 0 amide bonds. The van der Waals surface area contributed by atoms with Gasteiger partial charge in [-0.1, -0.05) is 48.5 Å². The van der Waals surface area contributed by atoms with Crippen molar-refractivity contribution in [2.75, 3.05) is 20.6 Å². The Kier molecular flexibility index (Phi) is 16.4. The van der Waals surface area contributed by atoms with Gasteiger partial charge in [0, 0.05) is 0 Å². The molecule has 0 rings (SSSR count). The minimum Gasteiger partial charge on any atom is -0.310 e. The van der Waals surface area contributed by atoms with Gasteiger partial charge in [0.1, 0.15) is 0 Å². The number of nitrogens with zero attached hydrogens (tertiary/aromatic N) is 1. The van der Waals surface area contributed by atoms with Crippen molar-refractivity contribution in [2.24, 2.45) is 0 Å². The third-order valence-electron chi connectivity index (χ3n) is 1.78. The lowest BCUT2D eigenvalue weighted by atomic mass is 10.6. The lowest BCUT2D eigenvalue weighted by Gasteiger charge is -2.17. The zero-order valence-corrected chi connectivity index (χ0v) is 17.3. The average molecular weight is 326 g/mol. The summed E-state index contributed by atoms with van der Waals surface area (Å²) in [6, 6.07) is 0. The normalized spacial score (nSPS) is 11.2.